The van der Waals surface area contributed by atoms with E-state index in [1.54, 1.807) is 13.0 Å². The van der Waals surface area contributed by atoms with Crippen LogP contribution in [-0.4, -0.2) is 25.2 Å². The second-order valence-electron chi connectivity index (χ2n) is 6.27. The predicted octanol–water partition coefficient (Wildman–Crippen LogP) is 4.05. The van der Waals surface area contributed by atoms with Crippen LogP contribution >= 0.6 is 0 Å². The van der Waals surface area contributed by atoms with Gasteiger partial charge in [-0.1, -0.05) is 26.0 Å². The van der Waals surface area contributed by atoms with Crippen molar-refractivity contribution in [3.8, 4) is 0 Å². The van der Waals surface area contributed by atoms with Gasteiger partial charge >= 0.3 is 12.3 Å². The summed E-state index contributed by atoms with van der Waals surface area (Å²) in [6.07, 6.45) is -4.55. The van der Waals surface area contributed by atoms with E-state index in [1.807, 2.05) is 13.8 Å². The van der Waals surface area contributed by atoms with Crippen molar-refractivity contribution in [2.45, 2.75) is 45.8 Å². The van der Waals surface area contributed by atoms with Gasteiger partial charge in [0.25, 0.3) is 0 Å². The van der Waals surface area contributed by atoms with Gasteiger partial charge in [0, 0.05) is 13.0 Å². The lowest BCUT2D eigenvalue weighted by Gasteiger charge is -2.22. The Kier molecular flexibility index (Phi) is 8.41. The molecule has 0 radical (unpaired) electrons. The molecular weight excluding hydrogens is 349 g/mol. The molecule has 0 aliphatic carbocycles. The number of alkyl halides is 3. The first-order valence-electron chi connectivity index (χ1n) is 8.50. The Balaban J connectivity index is 2.75. The Morgan fingerprint density at radius 2 is 1.92 bits per heavy atom. The molecule has 0 saturated heterocycles. The number of nitrogens with one attached hydrogen (secondary N) is 2. The van der Waals surface area contributed by atoms with Crippen LogP contribution in [0.2, 0.25) is 0 Å². The van der Waals surface area contributed by atoms with E-state index in [0.29, 0.717) is 12.0 Å². The first-order chi connectivity index (χ1) is 12.1. The fourth-order valence-corrected chi connectivity index (χ4v) is 2.41. The van der Waals surface area contributed by atoms with Gasteiger partial charge in [0.1, 0.15) is 0 Å². The highest BCUT2D eigenvalue weighted by Gasteiger charge is 2.31. The van der Waals surface area contributed by atoms with Crippen LogP contribution in [-0.2, 0) is 15.7 Å². The summed E-state index contributed by atoms with van der Waals surface area (Å²) in [7, 11) is 0. The van der Waals surface area contributed by atoms with Gasteiger partial charge in [-0.2, -0.15) is 13.2 Å². The van der Waals surface area contributed by atoms with E-state index in [2.05, 4.69) is 15.4 Å². The lowest BCUT2D eigenvalue weighted by atomic mass is 9.95. The van der Waals surface area contributed by atoms with Crippen LogP contribution in [0.1, 0.15) is 50.8 Å². The van der Waals surface area contributed by atoms with E-state index in [9.17, 15) is 22.8 Å². The predicted molar refractivity (Wildman–Crippen MR) is 91.4 cm³/mol. The largest absolute Gasteiger partial charge is 0.450 e. The highest BCUT2D eigenvalue weighted by Crippen LogP contribution is 2.32. The van der Waals surface area contributed by atoms with Gasteiger partial charge in [-0.05, 0) is 37.0 Å². The molecule has 26 heavy (non-hydrogen) atoms. The van der Waals surface area contributed by atoms with Crippen LogP contribution in [0.5, 0.6) is 0 Å². The molecule has 0 saturated carbocycles. The van der Waals surface area contributed by atoms with Crippen molar-refractivity contribution < 1.29 is 27.5 Å². The third-order valence-electron chi connectivity index (χ3n) is 3.56. The minimum atomic E-state index is -4.44. The van der Waals surface area contributed by atoms with Crippen LogP contribution in [0, 0.1) is 5.92 Å². The first kappa shape index (κ1) is 21.8. The van der Waals surface area contributed by atoms with Crippen molar-refractivity contribution in [2.75, 3.05) is 13.2 Å². The maximum atomic E-state index is 12.9. The molecule has 8 heteroatoms. The fourth-order valence-electron chi connectivity index (χ4n) is 2.41. The Hall–Kier alpha value is -2.25. The van der Waals surface area contributed by atoms with Gasteiger partial charge in [-0.25, -0.2) is 4.79 Å². The second-order valence-corrected chi connectivity index (χ2v) is 6.27. The highest BCUT2D eigenvalue weighted by molar-refractivity contribution is 5.77. The molecule has 0 bridgehead atoms. The lowest BCUT2D eigenvalue weighted by molar-refractivity contribution is -0.137. The monoisotopic (exact) mass is 374 g/mol. The zero-order valence-electron chi connectivity index (χ0n) is 15.2. The molecule has 146 valence electrons. The number of amides is 2. The van der Waals surface area contributed by atoms with E-state index in [4.69, 9.17) is 0 Å². The maximum Gasteiger partial charge on any atom is 0.416 e. The minimum absolute atomic E-state index is 0.00632. The topological polar surface area (TPSA) is 67.4 Å². The molecule has 0 fully saturated rings. The van der Waals surface area contributed by atoms with Crippen LogP contribution in [0.3, 0.4) is 0 Å². The molecule has 1 rings (SSSR count). The Bertz CT molecular complexity index is 604. The van der Waals surface area contributed by atoms with E-state index in [-0.39, 0.29) is 31.4 Å². The number of alkyl carbamates (subject to hydrolysis) is 1. The maximum absolute atomic E-state index is 12.9. The van der Waals surface area contributed by atoms with E-state index in [0.717, 1.165) is 12.1 Å². The molecule has 1 unspecified atom stereocenters. The van der Waals surface area contributed by atoms with Crippen molar-refractivity contribution in [1.82, 2.24) is 10.6 Å². The lowest BCUT2D eigenvalue weighted by Crippen LogP contribution is -2.33. The fraction of sp³-hybridized carbons (Fsp3) is 0.556. The standard InChI is InChI=1S/C18H25F3N2O3/c1-4-26-17(25)22-9-8-16(24)23-15(10-12(2)3)13-6-5-7-14(11-13)18(19,20)21/h5-7,11-12,15H,4,8-10H2,1-3H3,(H,22,25)(H,23,24). The van der Waals surface area contributed by atoms with Gasteiger partial charge < -0.3 is 15.4 Å². The quantitative estimate of drug-likeness (QED) is 0.722. The summed E-state index contributed by atoms with van der Waals surface area (Å²) in [6, 6.07) is 4.43. The summed E-state index contributed by atoms with van der Waals surface area (Å²) in [5.41, 5.74) is -0.345. The van der Waals surface area contributed by atoms with Crippen molar-refractivity contribution in [3.05, 3.63) is 35.4 Å². The number of hydrogen-bond donors (Lipinski definition) is 2. The Morgan fingerprint density at radius 3 is 2.50 bits per heavy atom. The zero-order chi connectivity index (χ0) is 19.7. The first-order valence-corrected chi connectivity index (χ1v) is 8.50. The summed E-state index contributed by atoms with van der Waals surface area (Å²) in [4.78, 5) is 23.3. The number of rotatable bonds is 8. The molecular formula is C18H25F3N2O3. The van der Waals surface area contributed by atoms with E-state index in [1.165, 1.54) is 6.07 Å². The zero-order valence-corrected chi connectivity index (χ0v) is 15.2. The number of benzene rings is 1. The molecule has 1 aromatic carbocycles. The number of carbonyl (C=O) groups is 2. The van der Waals surface area contributed by atoms with Crippen molar-refractivity contribution in [3.63, 3.8) is 0 Å². The van der Waals surface area contributed by atoms with Gasteiger partial charge in [0.05, 0.1) is 18.2 Å². The van der Waals surface area contributed by atoms with Crippen molar-refractivity contribution in [1.29, 1.82) is 0 Å². The molecule has 0 aliphatic rings. The third kappa shape index (κ3) is 7.76. The summed E-state index contributed by atoms with van der Waals surface area (Å²) in [5, 5.41) is 5.18. The van der Waals surface area contributed by atoms with Crippen LogP contribution in [0.15, 0.2) is 24.3 Å². The average molecular weight is 374 g/mol. The molecule has 2 amide bonds. The van der Waals surface area contributed by atoms with Gasteiger partial charge in [-0.3, -0.25) is 4.79 Å². The number of halogens is 3. The van der Waals surface area contributed by atoms with Crippen LogP contribution in [0.4, 0.5) is 18.0 Å². The number of ether oxygens (including phenoxy) is 1. The van der Waals surface area contributed by atoms with Gasteiger partial charge in [0.2, 0.25) is 5.91 Å². The molecule has 1 aromatic rings. The number of hydrogen-bond acceptors (Lipinski definition) is 3. The number of carbonyl (C=O) groups excluding carboxylic acids is 2. The Morgan fingerprint density at radius 1 is 1.23 bits per heavy atom. The molecule has 2 N–H and O–H groups in total. The van der Waals surface area contributed by atoms with Gasteiger partial charge in [0.15, 0.2) is 0 Å². The van der Waals surface area contributed by atoms with E-state index < -0.39 is 23.9 Å². The summed E-state index contributed by atoms with van der Waals surface area (Å²) < 4.78 is 43.4. The normalized spacial score (nSPS) is 12.6. The molecule has 5 nitrogen and oxygen atoms in total. The van der Waals surface area contributed by atoms with Crippen molar-refractivity contribution >= 4 is 12.0 Å². The van der Waals surface area contributed by atoms with Crippen LogP contribution in [0.25, 0.3) is 0 Å². The highest BCUT2D eigenvalue weighted by atomic mass is 19.4. The minimum Gasteiger partial charge on any atom is -0.450 e. The van der Waals surface area contributed by atoms with Crippen molar-refractivity contribution in [2.24, 2.45) is 5.92 Å². The molecule has 0 aromatic heterocycles. The SMILES string of the molecule is CCOC(=O)NCCC(=O)NC(CC(C)C)c1cccc(C(F)(F)F)c1. The summed E-state index contributed by atoms with van der Waals surface area (Å²) in [5.74, 6) is -0.183. The molecule has 1 atom stereocenters. The summed E-state index contributed by atoms with van der Waals surface area (Å²) in [6.45, 7) is 5.83. The molecule has 0 heterocycles. The van der Waals surface area contributed by atoms with Gasteiger partial charge in [-0.15, -0.1) is 0 Å². The van der Waals surface area contributed by atoms with Crippen LogP contribution < -0.4 is 10.6 Å². The van der Waals surface area contributed by atoms with E-state index >= 15 is 0 Å². The summed E-state index contributed by atoms with van der Waals surface area (Å²) >= 11 is 0. The third-order valence-corrected chi connectivity index (χ3v) is 3.56. The average Bonchev–Trinajstić information content (AvgIpc) is 2.53. The Labute approximate surface area is 151 Å². The molecule has 0 aliphatic heterocycles. The molecule has 0 spiro atoms. The smallest absolute Gasteiger partial charge is 0.416 e. The second kappa shape index (κ2) is 10.0.